The van der Waals surface area contributed by atoms with Crippen LogP contribution < -0.4 is 0 Å². The summed E-state index contributed by atoms with van der Waals surface area (Å²) < 4.78 is 26.1. The molecule has 4 nitrogen and oxygen atoms in total. The van der Waals surface area contributed by atoms with Crippen LogP contribution in [0, 0.1) is 27.7 Å². The Morgan fingerprint density at radius 3 is 2.10 bits per heavy atom. The first kappa shape index (κ1) is 21.9. The van der Waals surface area contributed by atoms with E-state index in [1.165, 1.54) is 0 Å². The van der Waals surface area contributed by atoms with Crippen molar-refractivity contribution in [2.75, 3.05) is 5.75 Å². The monoisotopic (exact) mass is 421 g/mol. The average Bonchev–Trinajstić information content (AvgIpc) is 2.72. The molecule has 3 rings (SSSR count). The topological polar surface area (TPSA) is 64.1 Å². The SMILES string of the molecule is Cc1cc(C)c(C)c(S(=O)(=O)CCc2ccc(C(=O)Cc3cccnc3)cc2)c1C. The molecule has 5 heteroatoms. The Kier molecular flexibility index (Phi) is 6.52. The molecule has 0 atom stereocenters. The number of rotatable bonds is 7. The van der Waals surface area contributed by atoms with Gasteiger partial charge in [-0.3, -0.25) is 9.78 Å². The van der Waals surface area contributed by atoms with Gasteiger partial charge in [-0.05, 0) is 73.6 Å². The number of carbonyl (C=O) groups is 1. The van der Waals surface area contributed by atoms with Gasteiger partial charge in [0, 0.05) is 24.4 Å². The number of hydrogen-bond donors (Lipinski definition) is 0. The highest BCUT2D eigenvalue weighted by molar-refractivity contribution is 7.91. The van der Waals surface area contributed by atoms with Crippen molar-refractivity contribution in [1.82, 2.24) is 4.98 Å². The van der Waals surface area contributed by atoms with Crippen LogP contribution in [0.25, 0.3) is 0 Å². The molecule has 1 aromatic heterocycles. The van der Waals surface area contributed by atoms with Crippen molar-refractivity contribution in [1.29, 1.82) is 0 Å². The second kappa shape index (κ2) is 8.92. The molecule has 2 aromatic carbocycles. The lowest BCUT2D eigenvalue weighted by atomic mass is 10.0. The molecular formula is C25H27NO3S. The number of aryl methyl sites for hydroxylation is 3. The molecule has 1 heterocycles. The standard InChI is InChI=1S/C25H27NO3S/c1-17-14-18(2)20(4)25(19(17)3)30(28,29)13-11-21-7-9-23(10-8-21)24(27)15-22-6-5-12-26-16-22/h5-10,12,14,16H,11,13,15H2,1-4H3. The van der Waals surface area contributed by atoms with Crippen LogP contribution in [0.15, 0.2) is 59.8 Å². The van der Waals surface area contributed by atoms with Gasteiger partial charge in [0.25, 0.3) is 0 Å². The van der Waals surface area contributed by atoms with E-state index < -0.39 is 9.84 Å². The fourth-order valence-corrected chi connectivity index (χ4v) is 5.61. The zero-order valence-electron chi connectivity index (χ0n) is 17.9. The van der Waals surface area contributed by atoms with Crippen LogP contribution in [-0.2, 0) is 22.7 Å². The van der Waals surface area contributed by atoms with Crippen molar-refractivity contribution in [2.45, 2.75) is 45.4 Å². The van der Waals surface area contributed by atoms with Gasteiger partial charge in [-0.1, -0.05) is 36.4 Å². The Morgan fingerprint density at radius 1 is 0.900 bits per heavy atom. The number of hydrogen-bond acceptors (Lipinski definition) is 4. The van der Waals surface area contributed by atoms with Crippen molar-refractivity contribution in [3.05, 3.63) is 93.8 Å². The summed E-state index contributed by atoms with van der Waals surface area (Å²) in [7, 11) is -3.41. The summed E-state index contributed by atoms with van der Waals surface area (Å²) in [6.07, 6.45) is 4.07. The minimum Gasteiger partial charge on any atom is -0.294 e. The quantitative estimate of drug-likeness (QED) is 0.516. The van der Waals surface area contributed by atoms with Gasteiger partial charge < -0.3 is 0 Å². The minimum absolute atomic E-state index is 0.0173. The molecule has 156 valence electrons. The molecule has 0 fully saturated rings. The summed E-state index contributed by atoms with van der Waals surface area (Å²) in [5, 5.41) is 0. The predicted molar refractivity (Wildman–Crippen MR) is 120 cm³/mol. The van der Waals surface area contributed by atoms with Crippen molar-refractivity contribution in [2.24, 2.45) is 0 Å². The Morgan fingerprint density at radius 2 is 1.53 bits per heavy atom. The van der Waals surface area contributed by atoms with Crippen molar-refractivity contribution < 1.29 is 13.2 Å². The van der Waals surface area contributed by atoms with E-state index in [1.807, 2.05) is 58.0 Å². The van der Waals surface area contributed by atoms with E-state index in [1.54, 1.807) is 24.5 Å². The average molecular weight is 422 g/mol. The van der Waals surface area contributed by atoms with Crippen LogP contribution >= 0.6 is 0 Å². The van der Waals surface area contributed by atoms with Gasteiger partial charge in [-0.2, -0.15) is 0 Å². The summed E-state index contributed by atoms with van der Waals surface area (Å²) in [5.41, 5.74) is 6.03. The highest BCUT2D eigenvalue weighted by Crippen LogP contribution is 2.27. The summed E-state index contributed by atoms with van der Waals surface area (Å²) in [5.74, 6) is 0.0595. The number of sulfone groups is 1. The van der Waals surface area contributed by atoms with E-state index in [0.717, 1.165) is 33.4 Å². The Bertz CT molecular complexity index is 1140. The van der Waals surface area contributed by atoms with Gasteiger partial charge in [0.1, 0.15) is 0 Å². The highest BCUT2D eigenvalue weighted by atomic mass is 32.2. The maximum absolute atomic E-state index is 13.1. The Labute approximate surface area is 178 Å². The van der Waals surface area contributed by atoms with Crippen molar-refractivity contribution in [3.8, 4) is 0 Å². The number of pyridine rings is 1. The van der Waals surface area contributed by atoms with Gasteiger partial charge in [-0.15, -0.1) is 0 Å². The number of nitrogens with zero attached hydrogens (tertiary/aromatic N) is 1. The summed E-state index contributed by atoms with van der Waals surface area (Å²) in [4.78, 5) is 16.9. The lowest BCUT2D eigenvalue weighted by Gasteiger charge is -2.15. The van der Waals surface area contributed by atoms with E-state index in [9.17, 15) is 13.2 Å². The van der Waals surface area contributed by atoms with Crippen LogP contribution in [0.4, 0.5) is 0 Å². The third-order valence-electron chi connectivity index (χ3n) is 5.63. The third-order valence-corrected chi connectivity index (χ3v) is 7.61. The molecule has 0 saturated heterocycles. The molecule has 0 unspecified atom stereocenters. The lowest BCUT2D eigenvalue weighted by molar-refractivity contribution is 0.0993. The van der Waals surface area contributed by atoms with Gasteiger partial charge in [-0.25, -0.2) is 8.42 Å². The predicted octanol–water partition coefficient (Wildman–Crippen LogP) is 4.76. The summed E-state index contributed by atoms with van der Waals surface area (Å²) in [6, 6.07) is 12.9. The molecule has 0 N–H and O–H groups in total. The van der Waals surface area contributed by atoms with Gasteiger partial charge in [0.2, 0.25) is 0 Å². The van der Waals surface area contributed by atoms with Crippen LogP contribution in [0.1, 0.15) is 43.7 Å². The van der Waals surface area contributed by atoms with Gasteiger partial charge in [0.15, 0.2) is 15.6 Å². The first-order chi connectivity index (χ1) is 14.2. The minimum atomic E-state index is -3.41. The molecule has 3 aromatic rings. The Balaban J connectivity index is 1.71. The normalized spacial score (nSPS) is 11.5. The fraction of sp³-hybridized carbons (Fsp3) is 0.280. The molecule has 0 spiro atoms. The van der Waals surface area contributed by atoms with Gasteiger partial charge >= 0.3 is 0 Å². The number of aromatic nitrogens is 1. The highest BCUT2D eigenvalue weighted by Gasteiger charge is 2.22. The zero-order chi connectivity index (χ0) is 21.9. The molecule has 0 aliphatic carbocycles. The zero-order valence-corrected chi connectivity index (χ0v) is 18.7. The van der Waals surface area contributed by atoms with Crippen molar-refractivity contribution >= 4 is 15.6 Å². The largest absolute Gasteiger partial charge is 0.294 e. The molecule has 0 radical (unpaired) electrons. The number of ketones is 1. The summed E-state index contributed by atoms with van der Waals surface area (Å²) in [6.45, 7) is 7.64. The lowest BCUT2D eigenvalue weighted by Crippen LogP contribution is -2.14. The third kappa shape index (κ3) is 4.85. The second-order valence-electron chi connectivity index (χ2n) is 7.82. The summed E-state index contributed by atoms with van der Waals surface area (Å²) >= 11 is 0. The molecule has 30 heavy (non-hydrogen) atoms. The van der Waals surface area contributed by atoms with E-state index in [4.69, 9.17) is 0 Å². The Hall–Kier alpha value is -2.79. The molecule has 0 saturated carbocycles. The number of Topliss-reactive ketones (excluding diaryl/α,β-unsaturated/α-hetero) is 1. The molecule has 0 bridgehead atoms. The van der Waals surface area contributed by atoms with E-state index in [2.05, 4.69) is 4.98 Å². The van der Waals surface area contributed by atoms with Crippen LogP contribution in [0.2, 0.25) is 0 Å². The molecule has 0 amide bonds. The fourth-order valence-electron chi connectivity index (χ4n) is 3.65. The van der Waals surface area contributed by atoms with Crippen LogP contribution in [0.3, 0.4) is 0 Å². The van der Waals surface area contributed by atoms with Crippen molar-refractivity contribution in [3.63, 3.8) is 0 Å². The molecule has 0 aliphatic rings. The smallest absolute Gasteiger partial charge is 0.179 e. The number of benzene rings is 2. The van der Waals surface area contributed by atoms with Gasteiger partial charge in [0.05, 0.1) is 10.6 Å². The van der Waals surface area contributed by atoms with E-state index in [-0.39, 0.29) is 11.5 Å². The molecule has 0 aliphatic heterocycles. The van der Waals surface area contributed by atoms with Crippen LogP contribution in [-0.4, -0.2) is 24.9 Å². The second-order valence-corrected chi connectivity index (χ2v) is 9.86. The first-order valence-electron chi connectivity index (χ1n) is 10.0. The first-order valence-corrected chi connectivity index (χ1v) is 11.7. The maximum Gasteiger partial charge on any atom is 0.179 e. The van der Waals surface area contributed by atoms with E-state index in [0.29, 0.717) is 23.3 Å². The van der Waals surface area contributed by atoms with E-state index >= 15 is 0 Å². The molecular weight excluding hydrogens is 394 g/mol. The maximum atomic E-state index is 13.1. The number of carbonyl (C=O) groups excluding carboxylic acids is 1. The van der Waals surface area contributed by atoms with Crippen LogP contribution in [0.5, 0.6) is 0 Å².